The molecule has 1 aromatic rings. The molecule has 6 aliphatic heterocycles. The molecule has 1 N–H and O–H groups in total. The predicted molar refractivity (Wildman–Crippen MR) is 119 cm³/mol. The van der Waals surface area contributed by atoms with Gasteiger partial charge in [0.2, 0.25) is 0 Å². The van der Waals surface area contributed by atoms with E-state index in [1.165, 1.54) is 19.1 Å². The highest BCUT2D eigenvalue weighted by molar-refractivity contribution is 5.96. The van der Waals surface area contributed by atoms with Crippen molar-refractivity contribution in [1.82, 2.24) is 24.6 Å². The fourth-order valence-electron chi connectivity index (χ4n) is 6.72. The number of nitrogens with zero attached hydrogens (tertiary/aromatic N) is 4. The molecule has 166 valence electrons. The molecule has 0 aliphatic carbocycles. The van der Waals surface area contributed by atoms with Gasteiger partial charge in [-0.1, -0.05) is 26.0 Å². The first-order valence-electron chi connectivity index (χ1n) is 11.0. The van der Waals surface area contributed by atoms with Crippen molar-refractivity contribution < 1.29 is 9.53 Å². The Balaban J connectivity index is 1.42. The summed E-state index contributed by atoms with van der Waals surface area (Å²) >= 11 is 0. The van der Waals surface area contributed by atoms with Gasteiger partial charge in [-0.3, -0.25) is 14.6 Å². The zero-order valence-electron chi connectivity index (χ0n) is 18.6. The van der Waals surface area contributed by atoms with Gasteiger partial charge >= 0.3 is 5.97 Å². The summed E-state index contributed by atoms with van der Waals surface area (Å²) in [6.45, 7) is 9.31. The number of benzene rings is 1. The number of piperidine rings is 2. The zero-order valence-corrected chi connectivity index (χ0v) is 18.6. The van der Waals surface area contributed by atoms with E-state index in [0.717, 1.165) is 31.9 Å². The van der Waals surface area contributed by atoms with E-state index >= 15 is 0 Å². The van der Waals surface area contributed by atoms with Gasteiger partial charge in [-0.2, -0.15) is 5.10 Å². The summed E-state index contributed by atoms with van der Waals surface area (Å²) in [4.78, 5) is 29.9. The average molecular weight is 434 g/mol. The summed E-state index contributed by atoms with van der Waals surface area (Å²) in [7, 11) is 1.33. The lowest BCUT2D eigenvalue weighted by Gasteiger charge is -2.66. The van der Waals surface area contributed by atoms with Crippen LogP contribution >= 0.6 is 0 Å². The van der Waals surface area contributed by atoms with Crippen LogP contribution in [0.4, 0.5) is 0 Å². The second kappa shape index (κ2) is 6.52. The summed E-state index contributed by atoms with van der Waals surface area (Å²) < 4.78 is 6.74. The summed E-state index contributed by atoms with van der Waals surface area (Å²) in [6.07, 6.45) is 4.97. The Morgan fingerprint density at radius 1 is 1.12 bits per heavy atom. The fraction of sp³-hybridized carbons (Fsp3) is 0.458. The number of aromatic nitrogens is 3. The van der Waals surface area contributed by atoms with Gasteiger partial charge in [0.1, 0.15) is 11.3 Å². The van der Waals surface area contributed by atoms with Crippen LogP contribution in [0.15, 0.2) is 41.5 Å². The van der Waals surface area contributed by atoms with Crippen LogP contribution in [-0.2, 0) is 4.74 Å². The van der Waals surface area contributed by atoms with Crippen molar-refractivity contribution in [1.29, 1.82) is 0 Å². The zero-order chi connectivity index (χ0) is 22.3. The van der Waals surface area contributed by atoms with E-state index in [1.54, 1.807) is 12.4 Å². The number of methoxy groups -OCH3 is 1. The highest BCUT2D eigenvalue weighted by Crippen LogP contribution is 2.54. The minimum Gasteiger partial charge on any atom is -0.465 e. The monoisotopic (exact) mass is 433 g/mol. The second-order valence-corrected chi connectivity index (χ2v) is 10.5. The third-order valence-electron chi connectivity index (χ3n) is 7.32. The normalized spacial score (nSPS) is 33.0. The average Bonchev–Trinajstić information content (AvgIpc) is 3.11. The quantitative estimate of drug-likeness (QED) is 0.639. The highest BCUT2D eigenvalue weighted by atomic mass is 16.5. The van der Waals surface area contributed by atoms with E-state index in [-0.39, 0.29) is 17.3 Å². The molecule has 4 fully saturated rings. The molecule has 32 heavy (non-hydrogen) atoms. The summed E-state index contributed by atoms with van der Waals surface area (Å²) in [6, 6.07) is 8.38. The van der Waals surface area contributed by atoms with Crippen LogP contribution in [0.25, 0.3) is 16.9 Å². The molecule has 4 bridgehead atoms. The van der Waals surface area contributed by atoms with Crippen LogP contribution in [0.2, 0.25) is 0 Å². The number of rotatable bonds is 3. The fourth-order valence-corrected chi connectivity index (χ4v) is 6.72. The van der Waals surface area contributed by atoms with Crippen LogP contribution in [0.5, 0.6) is 0 Å². The molecule has 0 unspecified atom stereocenters. The first kappa shape index (κ1) is 19.7. The largest absolute Gasteiger partial charge is 0.465 e. The van der Waals surface area contributed by atoms with Crippen molar-refractivity contribution in [3.05, 3.63) is 58.1 Å². The second-order valence-electron chi connectivity index (χ2n) is 10.5. The van der Waals surface area contributed by atoms with E-state index in [1.807, 2.05) is 16.7 Å². The van der Waals surface area contributed by atoms with E-state index in [9.17, 15) is 9.59 Å². The first-order valence-corrected chi connectivity index (χ1v) is 11.0. The Morgan fingerprint density at radius 3 is 2.47 bits per heavy atom. The van der Waals surface area contributed by atoms with Gasteiger partial charge < -0.3 is 9.30 Å². The van der Waals surface area contributed by atoms with Gasteiger partial charge in [-0.05, 0) is 34.9 Å². The summed E-state index contributed by atoms with van der Waals surface area (Å²) in [5.41, 5.74) is 3.47. The molecular formula is C24H27N5O3. The number of H-pyrrole nitrogens is 1. The smallest absolute Gasteiger partial charge is 0.341 e. The van der Waals surface area contributed by atoms with Crippen molar-refractivity contribution in [3.63, 3.8) is 0 Å². The molecule has 6 heterocycles. The van der Waals surface area contributed by atoms with E-state index in [2.05, 4.69) is 46.0 Å². The number of nitrogens with one attached hydrogen (secondary N) is 1. The van der Waals surface area contributed by atoms with Crippen LogP contribution in [-0.4, -0.2) is 63.8 Å². The van der Waals surface area contributed by atoms with Crippen molar-refractivity contribution in [2.24, 2.45) is 10.8 Å². The number of carbonyl (C=O) groups is 1. The van der Waals surface area contributed by atoms with Gasteiger partial charge in [0.25, 0.3) is 5.56 Å². The Morgan fingerprint density at radius 2 is 1.81 bits per heavy atom. The predicted octanol–water partition coefficient (Wildman–Crippen LogP) is 2.50. The summed E-state index contributed by atoms with van der Waals surface area (Å²) in [5, 5.41) is 6.45. The van der Waals surface area contributed by atoms with Crippen molar-refractivity contribution in [3.8, 4) is 16.9 Å². The highest BCUT2D eigenvalue weighted by Gasteiger charge is 2.56. The van der Waals surface area contributed by atoms with Crippen LogP contribution < -0.4 is 5.56 Å². The van der Waals surface area contributed by atoms with Crippen molar-refractivity contribution in [2.45, 2.75) is 26.4 Å². The van der Waals surface area contributed by atoms with Crippen LogP contribution in [0.3, 0.4) is 0 Å². The maximum absolute atomic E-state index is 12.4. The molecule has 0 spiro atoms. The van der Waals surface area contributed by atoms with Crippen molar-refractivity contribution >= 4 is 5.97 Å². The summed E-state index contributed by atoms with van der Waals surface area (Å²) in [5.74, 6) is -0.522. The topological polar surface area (TPSA) is 83.5 Å². The molecule has 6 aliphatic rings. The van der Waals surface area contributed by atoms with E-state index in [4.69, 9.17) is 4.74 Å². The molecule has 0 amide bonds. The van der Waals surface area contributed by atoms with E-state index < -0.39 is 5.97 Å². The molecule has 1 aromatic carbocycles. The minimum atomic E-state index is -0.522. The third kappa shape index (κ3) is 2.86. The number of fused-ring (bicyclic) bond motifs is 1. The number of hydrogen-bond donors (Lipinski definition) is 1. The minimum absolute atomic E-state index is 0.254. The first-order chi connectivity index (χ1) is 15.3. The van der Waals surface area contributed by atoms with Crippen molar-refractivity contribution in [2.75, 3.05) is 33.3 Å². The maximum Gasteiger partial charge on any atom is 0.341 e. The Hall–Kier alpha value is -2.97. The Labute approximate surface area is 186 Å². The standard InChI is InChI=1S/C24H27N5O3/c1-23-10-24(2)13-28(11-23)21(29(12-23)14-24)15-5-4-6-16(7-15)27-8-17-19(25-26-20(17)30)18(9-27)22(31)32-3/h4-9,21H,10-14H2,1-3H3,(H,26,30). The van der Waals surface area contributed by atoms with Crippen LogP contribution in [0, 0.1) is 10.8 Å². The molecule has 4 saturated heterocycles. The molecule has 0 aromatic heterocycles. The van der Waals surface area contributed by atoms with Gasteiger partial charge in [0.05, 0.1) is 18.8 Å². The number of esters is 1. The lowest BCUT2D eigenvalue weighted by atomic mass is 9.63. The Bertz CT molecular complexity index is 1220. The van der Waals surface area contributed by atoms with Gasteiger partial charge in [-0.15, -0.1) is 0 Å². The van der Waals surface area contributed by atoms with Gasteiger partial charge in [-0.25, -0.2) is 9.89 Å². The lowest BCUT2D eigenvalue weighted by Crippen LogP contribution is -2.70. The molecular weight excluding hydrogens is 406 g/mol. The SMILES string of the molecule is COC(=O)c1cn(-c2cccc(C3N4CC5(C)CN3CC(C)(C4)C5)c2)cc2c(=O)[nH]nc1-2. The van der Waals surface area contributed by atoms with E-state index in [0.29, 0.717) is 22.1 Å². The number of pyridine rings is 1. The van der Waals surface area contributed by atoms with Gasteiger partial charge in [0, 0.05) is 44.3 Å². The number of ether oxygens (including phenoxy) is 1. The Kier molecular flexibility index (Phi) is 4.02. The molecule has 0 radical (unpaired) electrons. The van der Waals surface area contributed by atoms with Gasteiger partial charge in [0.15, 0.2) is 0 Å². The maximum atomic E-state index is 12.4. The number of hydrogen-bond acceptors (Lipinski definition) is 6. The van der Waals surface area contributed by atoms with Crippen LogP contribution in [0.1, 0.15) is 42.4 Å². The third-order valence-corrected chi connectivity index (χ3v) is 7.32. The number of carbonyl (C=O) groups excluding carboxylic acids is 1. The molecule has 0 saturated carbocycles. The molecule has 7 rings (SSSR count). The molecule has 8 nitrogen and oxygen atoms in total. The molecule has 8 heteroatoms. The molecule has 0 atom stereocenters. The lowest BCUT2D eigenvalue weighted by molar-refractivity contribution is -0.194. The number of aromatic amines is 1.